The molecule has 0 unspecified atom stereocenters. The number of nitrogens with zero attached hydrogens (tertiary/aromatic N) is 4. The molecule has 8 nitrogen and oxygen atoms in total. The number of carbonyl (C=O) groups is 1. The van der Waals surface area contributed by atoms with Crippen LogP contribution in [-0.4, -0.2) is 53.5 Å². The van der Waals surface area contributed by atoms with Crippen molar-refractivity contribution in [2.75, 3.05) is 32.8 Å². The molecule has 0 atom stereocenters. The zero-order chi connectivity index (χ0) is 37.0. The minimum atomic E-state index is -0.565. The number of benzene rings is 4. The molecule has 53 heavy (non-hydrogen) atoms. The van der Waals surface area contributed by atoms with Gasteiger partial charge in [-0.25, -0.2) is 9.37 Å². The van der Waals surface area contributed by atoms with Crippen LogP contribution in [0.3, 0.4) is 0 Å². The lowest BCUT2D eigenvalue weighted by atomic mass is 10.0. The fourth-order valence-electron chi connectivity index (χ4n) is 5.88. The molecule has 1 amide bonds. The second-order valence-electron chi connectivity index (χ2n) is 13.3. The van der Waals surface area contributed by atoms with Gasteiger partial charge in [0.1, 0.15) is 18.1 Å². The maximum Gasteiger partial charge on any atom is 0.246 e. The van der Waals surface area contributed by atoms with E-state index >= 15 is 0 Å². The highest BCUT2D eigenvalue weighted by molar-refractivity contribution is 5.91. The van der Waals surface area contributed by atoms with Crippen LogP contribution in [0.15, 0.2) is 115 Å². The van der Waals surface area contributed by atoms with Crippen LogP contribution in [0, 0.1) is 17.1 Å². The van der Waals surface area contributed by atoms with Crippen molar-refractivity contribution in [1.29, 1.82) is 5.26 Å². The van der Waals surface area contributed by atoms with Crippen molar-refractivity contribution < 1.29 is 23.4 Å². The molecule has 270 valence electrons. The number of piperazine rings is 1. The second kappa shape index (κ2) is 18.0. The van der Waals surface area contributed by atoms with E-state index < -0.39 is 5.82 Å². The minimum Gasteiger partial charge on any atom is -0.493 e. The fraction of sp³-hybridized carbons (Fsp3) is 0.250. The molecule has 1 fully saturated rings. The van der Waals surface area contributed by atoms with Crippen molar-refractivity contribution in [3.8, 4) is 29.2 Å². The summed E-state index contributed by atoms with van der Waals surface area (Å²) >= 11 is 0. The van der Waals surface area contributed by atoms with E-state index in [2.05, 4.69) is 66.2 Å². The first-order valence-electron chi connectivity index (χ1n) is 17.9. The van der Waals surface area contributed by atoms with Crippen molar-refractivity contribution in [1.82, 2.24) is 14.8 Å². The normalized spacial score (nSPS) is 13.2. The van der Waals surface area contributed by atoms with E-state index in [0.717, 1.165) is 37.4 Å². The van der Waals surface area contributed by atoms with E-state index in [1.54, 1.807) is 36.4 Å². The van der Waals surface area contributed by atoms with Crippen LogP contribution in [0.1, 0.15) is 53.1 Å². The van der Waals surface area contributed by atoms with Crippen LogP contribution >= 0.6 is 0 Å². The molecule has 4 aromatic carbocycles. The van der Waals surface area contributed by atoms with Crippen LogP contribution in [0.25, 0.3) is 6.08 Å². The van der Waals surface area contributed by atoms with Crippen LogP contribution in [0.5, 0.6) is 23.1 Å². The van der Waals surface area contributed by atoms with Crippen LogP contribution < -0.4 is 14.2 Å². The SMILES string of the molecule is CC(C)c1ccc(OCCc2ccc(CN3CCN(C(=O)/C=C/c4ccc(Oc5ccc(OCc6ccc(C#N)cc6)cn5)c(F)c4)CC3)cc2)cc1. The lowest BCUT2D eigenvalue weighted by Crippen LogP contribution is -2.47. The van der Waals surface area contributed by atoms with E-state index in [4.69, 9.17) is 19.5 Å². The summed E-state index contributed by atoms with van der Waals surface area (Å²) in [7, 11) is 0. The fourth-order valence-corrected chi connectivity index (χ4v) is 5.88. The van der Waals surface area contributed by atoms with Crippen molar-refractivity contribution in [3.63, 3.8) is 0 Å². The van der Waals surface area contributed by atoms with Gasteiger partial charge in [-0.05, 0) is 82.3 Å². The maximum absolute atomic E-state index is 14.9. The number of halogens is 1. The van der Waals surface area contributed by atoms with Gasteiger partial charge < -0.3 is 19.1 Å². The van der Waals surface area contributed by atoms with Gasteiger partial charge >= 0.3 is 0 Å². The van der Waals surface area contributed by atoms with Crippen molar-refractivity contribution >= 4 is 12.0 Å². The highest BCUT2D eigenvalue weighted by Crippen LogP contribution is 2.26. The lowest BCUT2D eigenvalue weighted by Gasteiger charge is -2.34. The molecule has 1 aliphatic rings. The number of ether oxygens (including phenoxy) is 3. The smallest absolute Gasteiger partial charge is 0.246 e. The molecular weight excluding hydrogens is 668 g/mol. The number of hydrogen-bond donors (Lipinski definition) is 0. The topological polar surface area (TPSA) is 87.9 Å². The first kappa shape index (κ1) is 36.8. The molecule has 0 spiro atoms. The quantitative estimate of drug-likeness (QED) is 0.107. The average Bonchev–Trinajstić information content (AvgIpc) is 3.19. The average molecular weight is 711 g/mol. The molecule has 0 aliphatic carbocycles. The number of carbonyl (C=O) groups excluding carboxylic acids is 1. The Morgan fingerprint density at radius 2 is 1.55 bits per heavy atom. The second-order valence-corrected chi connectivity index (χ2v) is 13.3. The third kappa shape index (κ3) is 10.8. The van der Waals surface area contributed by atoms with Gasteiger partial charge in [0.25, 0.3) is 0 Å². The number of nitriles is 1. The third-order valence-electron chi connectivity index (χ3n) is 9.11. The van der Waals surface area contributed by atoms with E-state index in [1.165, 1.54) is 41.1 Å². The zero-order valence-corrected chi connectivity index (χ0v) is 30.1. The van der Waals surface area contributed by atoms with Gasteiger partial charge in [0.2, 0.25) is 11.8 Å². The summed E-state index contributed by atoms with van der Waals surface area (Å²) in [5.41, 5.74) is 5.85. The molecule has 1 aliphatic heterocycles. The van der Waals surface area contributed by atoms with Gasteiger partial charge in [0, 0.05) is 51.3 Å². The standard InChI is InChI=1S/C44H43FN4O4/c1-32(2)38-13-15-39(16-14-38)51-26-21-33-3-7-36(8-4-33)30-48-22-24-49(25-23-48)44(50)20-12-34-11-18-42(41(45)27-34)53-43-19-17-40(29-47-43)52-31-37-9-5-35(28-46)6-10-37/h3-20,27,29,32H,21-26,30-31H2,1-2H3/b20-12+. The van der Waals surface area contributed by atoms with Crippen molar-refractivity contribution in [2.45, 2.75) is 39.3 Å². The Morgan fingerprint density at radius 3 is 2.21 bits per heavy atom. The van der Waals surface area contributed by atoms with Crippen LogP contribution in [0.2, 0.25) is 0 Å². The number of pyridine rings is 1. The highest BCUT2D eigenvalue weighted by Gasteiger charge is 2.20. The van der Waals surface area contributed by atoms with Gasteiger partial charge in [-0.1, -0.05) is 68.4 Å². The van der Waals surface area contributed by atoms with Crippen molar-refractivity contribution in [2.24, 2.45) is 0 Å². The van der Waals surface area contributed by atoms with E-state index in [9.17, 15) is 9.18 Å². The Bertz CT molecular complexity index is 2020. The van der Waals surface area contributed by atoms with Crippen molar-refractivity contribution in [3.05, 3.63) is 155 Å². The largest absolute Gasteiger partial charge is 0.493 e. The molecule has 1 saturated heterocycles. The predicted molar refractivity (Wildman–Crippen MR) is 203 cm³/mol. The van der Waals surface area contributed by atoms with E-state index in [1.807, 2.05) is 29.2 Å². The monoisotopic (exact) mass is 710 g/mol. The number of aromatic nitrogens is 1. The summed E-state index contributed by atoms with van der Waals surface area (Å²) in [6.45, 7) is 8.97. The molecule has 5 aromatic rings. The molecular formula is C44H43FN4O4. The number of rotatable bonds is 14. The first-order chi connectivity index (χ1) is 25.8. The van der Waals surface area contributed by atoms with Gasteiger partial charge in [0.15, 0.2) is 11.6 Å². The van der Waals surface area contributed by atoms with Crippen LogP contribution in [0.4, 0.5) is 4.39 Å². The number of hydrogen-bond acceptors (Lipinski definition) is 7. The summed E-state index contributed by atoms with van der Waals surface area (Å²) in [5.74, 6) is 1.51. The number of amides is 1. The molecule has 0 saturated carbocycles. The summed E-state index contributed by atoms with van der Waals surface area (Å²) in [6, 6.07) is 34.1. The molecule has 9 heteroatoms. The Balaban J connectivity index is 0.901. The Kier molecular flexibility index (Phi) is 12.5. The van der Waals surface area contributed by atoms with Gasteiger partial charge in [-0.2, -0.15) is 5.26 Å². The molecule has 0 radical (unpaired) electrons. The molecule has 0 bridgehead atoms. The molecule has 0 N–H and O–H groups in total. The van der Waals surface area contributed by atoms with Gasteiger partial charge in [0.05, 0.1) is 24.4 Å². The maximum atomic E-state index is 14.9. The lowest BCUT2D eigenvalue weighted by molar-refractivity contribution is -0.127. The summed E-state index contributed by atoms with van der Waals surface area (Å²) in [4.78, 5) is 21.3. The molecule has 2 heterocycles. The highest BCUT2D eigenvalue weighted by atomic mass is 19.1. The Hall–Kier alpha value is -5.98. The van der Waals surface area contributed by atoms with Crippen LogP contribution in [-0.2, 0) is 24.4 Å². The predicted octanol–water partition coefficient (Wildman–Crippen LogP) is 8.57. The summed E-state index contributed by atoms with van der Waals surface area (Å²) in [5, 5.41) is 8.93. The molecule has 6 rings (SSSR count). The van der Waals surface area contributed by atoms with E-state index in [-0.39, 0.29) is 17.5 Å². The summed E-state index contributed by atoms with van der Waals surface area (Å²) in [6.07, 6.45) is 5.46. The zero-order valence-electron chi connectivity index (χ0n) is 30.1. The molecule has 1 aromatic heterocycles. The van der Waals surface area contributed by atoms with E-state index in [0.29, 0.717) is 49.1 Å². The Labute approximate surface area is 310 Å². The third-order valence-corrected chi connectivity index (χ3v) is 9.11. The summed E-state index contributed by atoms with van der Waals surface area (Å²) < 4.78 is 32.2. The first-order valence-corrected chi connectivity index (χ1v) is 17.9. The Morgan fingerprint density at radius 1 is 0.849 bits per heavy atom. The van der Waals surface area contributed by atoms with Gasteiger partial charge in [-0.15, -0.1) is 0 Å². The minimum absolute atomic E-state index is 0.0234. The van der Waals surface area contributed by atoms with Gasteiger partial charge in [-0.3, -0.25) is 9.69 Å².